The number of carbonyl (C=O) groups excluding carboxylic acids is 2. The fourth-order valence-electron chi connectivity index (χ4n) is 1.54. The van der Waals surface area contributed by atoms with E-state index in [1.54, 1.807) is 5.38 Å². The number of rotatable bonds is 4. The van der Waals surface area contributed by atoms with Crippen molar-refractivity contribution in [2.45, 2.75) is 31.7 Å². The molecule has 0 aromatic carbocycles. The molecular formula is C11H15N3O3S. The number of thiazole rings is 1. The van der Waals surface area contributed by atoms with Crippen LogP contribution in [-0.4, -0.2) is 30.1 Å². The summed E-state index contributed by atoms with van der Waals surface area (Å²) in [4.78, 5) is 26.7. The minimum Gasteiger partial charge on any atom is -0.469 e. The van der Waals surface area contributed by atoms with Crippen molar-refractivity contribution in [1.82, 2.24) is 10.3 Å². The van der Waals surface area contributed by atoms with E-state index in [1.807, 2.05) is 0 Å². The third-order valence-corrected chi connectivity index (χ3v) is 3.57. The number of ether oxygens (including phenoxy) is 1. The van der Waals surface area contributed by atoms with Gasteiger partial charge in [-0.2, -0.15) is 0 Å². The highest BCUT2D eigenvalue weighted by Gasteiger charge is 2.19. The highest BCUT2D eigenvalue weighted by atomic mass is 32.1. The predicted octanol–water partition coefficient (Wildman–Crippen LogP) is 1.53. The molecule has 0 bridgehead atoms. The molecule has 0 atom stereocenters. The summed E-state index contributed by atoms with van der Waals surface area (Å²) in [5.74, 6) is -0.342. The molecule has 18 heavy (non-hydrogen) atoms. The van der Waals surface area contributed by atoms with E-state index in [9.17, 15) is 9.59 Å². The minimum atomic E-state index is -0.342. The molecule has 0 spiro atoms. The molecule has 2 N–H and O–H groups in total. The lowest BCUT2D eigenvalue weighted by Crippen LogP contribution is -2.41. The topological polar surface area (TPSA) is 80.3 Å². The Morgan fingerprint density at radius 3 is 2.94 bits per heavy atom. The number of nitrogens with zero attached hydrogens (tertiary/aromatic N) is 1. The Bertz CT molecular complexity index is 442. The molecule has 98 valence electrons. The molecule has 2 rings (SSSR count). The molecule has 7 heteroatoms. The number of amides is 2. The molecule has 1 aromatic heterocycles. The van der Waals surface area contributed by atoms with Gasteiger partial charge in [0, 0.05) is 11.4 Å². The van der Waals surface area contributed by atoms with E-state index in [0.717, 1.165) is 12.8 Å². The number of methoxy groups -OCH3 is 1. The molecule has 1 saturated carbocycles. The first kappa shape index (κ1) is 12.8. The SMILES string of the molecule is COC(=O)Cc1csc(NC(=O)NC2CCC2)n1. The van der Waals surface area contributed by atoms with Gasteiger partial charge in [0.1, 0.15) is 0 Å². The van der Waals surface area contributed by atoms with Crippen LogP contribution in [0.2, 0.25) is 0 Å². The van der Waals surface area contributed by atoms with E-state index in [0.29, 0.717) is 16.9 Å². The minimum absolute atomic E-state index is 0.124. The molecule has 2 amide bonds. The summed E-state index contributed by atoms with van der Waals surface area (Å²) in [7, 11) is 1.33. The van der Waals surface area contributed by atoms with E-state index >= 15 is 0 Å². The lowest BCUT2D eigenvalue weighted by Gasteiger charge is -2.26. The summed E-state index contributed by atoms with van der Waals surface area (Å²) < 4.78 is 4.55. The van der Waals surface area contributed by atoms with Gasteiger partial charge in [0.05, 0.1) is 19.2 Å². The predicted molar refractivity (Wildman–Crippen MR) is 67.6 cm³/mol. The second-order valence-corrected chi connectivity index (χ2v) is 4.98. The number of anilines is 1. The first-order valence-electron chi connectivity index (χ1n) is 5.76. The monoisotopic (exact) mass is 269 g/mol. The van der Waals surface area contributed by atoms with Crippen molar-refractivity contribution in [3.8, 4) is 0 Å². The van der Waals surface area contributed by atoms with Crippen molar-refractivity contribution in [3.63, 3.8) is 0 Å². The molecule has 0 radical (unpaired) electrons. The lowest BCUT2D eigenvalue weighted by molar-refractivity contribution is -0.139. The largest absolute Gasteiger partial charge is 0.469 e. The molecule has 0 saturated heterocycles. The van der Waals surface area contributed by atoms with Gasteiger partial charge in [-0.25, -0.2) is 9.78 Å². The fraction of sp³-hybridized carbons (Fsp3) is 0.545. The standard InChI is InChI=1S/C11H15N3O3S/c1-17-9(15)5-8-6-18-11(13-8)14-10(16)12-7-3-2-4-7/h6-7H,2-5H2,1H3,(H2,12,13,14,16). The normalized spacial score (nSPS) is 14.7. The quantitative estimate of drug-likeness (QED) is 0.812. The Labute approximate surface area is 109 Å². The highest BCUT2D eigenvalue weighted by Crippen LogP contribution is 2.19. The van der Waals surface area contributed by atoms with E-state index in [2.05, 4.69) is 20.4 Å². The maximum atomic E-state index is 11.6. The molecule has 0 unspecified atom stereocenters. The first-order valence-corrected chi connectivity index (χ1v) is 6.64. The molecule has 1 fully saturated rings. The maximum absolute atomic E-state index is 11.6. The Morgan fingerprint density at radius 2 is 2.33 bits per heavy atom. The summed E-state index contributed by atoms with van der Waals surface area (Å²) in [5.41, 5.74) is 0.603. The maximum Gasteiger partial charge on any atom is 0.321 e. The molecule has 1 aromatic rings. The summed E-state index contributed by atoms with van der Waals surface area (Å²) >= 11 is 1.29. The molecule has 1 heterocycles. The Morgan fingerprint density at radius 1 is 1.56 bits per heavy atom. The summed E-state index contributed by atoms with van der Waals surface area (Å²) in [6.45, 7) is 0. The van der Waals surface area contributed by atoms with Crippen LogP contribution in [0.3, 0.4) is 0 Å². The van der Waals surface area contributed by atoms with E-state index in [-0.39, 0.29) is 18.4 Å². The first-order chi connectivity index (χ1) is 8.67. The van der Waals surface area contributed by atoms with Crippen LogP contribution in [-0.2, 0) is 16.0 Å². The van der Waals surface area contributed by atoms with E-state index in [4.69, 9.17) is 0 Å². The number of hydrogen-bond acceptors (Lipinski definition) is 5. The van der Waals surface area contributed by atoms with Gasteiger partial charge in [-0.3, -0.25) is 10.1 Å². The van der Waals surface area contributed by atoms with Crippen LogP contribution < -0.4 is 10.6 Å². The summed E-state index contributed by atoms with van der Waals surface area (Å²) in [6.07, 6.45) is 3.38. The molecular weight excluding hydrogens is 254 g/mol. The van der Waals surface area contributed by atoms with Crippen molar-refractivity contribution >= 4 is 28.5 Å². The molecule has 0 aliphatic heterocycles. The second-order valence-electron chi connectivity index (χ2n) is 4.12. The lowest BCUT2D eigenvalue weighted by atomic mass is 9.93. The van der Waals surface area contributed by atoms with Crippen molar-refractivity contribution in [3.05, 3.63) is 11.1 Å². The van der Waals surface area contributed by atoms with E-state index in [1.165, 1.54) is 24.9 Å². The van der Waals surface area contributed by atoms with Gasteiger partial charge in [0.25, 0.3) is 0 Å². The smallest absolute Gasteiger partial charge is 0.321 e. The van der Waals surface area contributed by atoms with Crippen LogP contribution in [0.5, 0.6) is 0 Å². The fourth-order valence-corrected chi connectivity index (χ4v) is 2.24. The summed E-state index contributed by atoms with van der Waals surface area (Å²) in [6, 6.07) is 0.0539. The zero-order valence-electron chi connectivity index (χ0n) is 10.1. The zero-order valence-corrected chi connectivity index (χ0v) is 10.9. The van der Waals surface area contributed by atoms with Crippen molar-refractivity contribution < 1.29 is 14.3 Å². The third-order valence-electron chi connectivity index (χ3n) is 2.77. The van der Waals surface area contributed by atoms with Gasteiger partial charge >= 0.3 is 12.0 Å². The Hall–Kier alpha value is -1.63. The third kappa shape index (κ3) is 3.43. The molecule has 6 nitrogen and oxygen atoms in total. The van der Waals surface area contributed by atoms with Crippen LogP contribution in [0, 0.1) is 0 Å². The van der Waals surface area contributed by atoms with Crippen LogP contribution >= 0.6 is 11.3 Å². The number of carbonyl (C=O) groups is 2. The van der Waals surface area contributed by atoms with Crippen LogP contribution in [0.25, 0.3) is 0 Å². The van der Waals surface area contributed by atoms with Crippen molar-refractivity contribution in [1.29, 1.82) is 0 Å². The second kappa shape index (κ2) is 5.81. The van der Waals surface area contributed by atoms with E-state index < -0.39 is 0 Å². The van der Waals surface area contributed by atoms with Gasteiger partial charge < -0.3 is 10.1 Å². The van der Waals surface area contributed by atoms with Crippen molar-refractivity contribution in [2.75, 3.05) is 12.4 Å². The number of aromatic nitrogens is 1. The highest BCUT2D eigenvalue weighted by molar-refractivity contribution is 7.13. The van der Waals surface area contributed by atoms with Gasteiger partial charge in [0.15, 0.2) is 5.13 Å². The molecule has 1 aliphatic rings. The number of nitrogens with one attached hydrogen (secondary N) is 2. The van der Waals surface area contributed by atoms with Gasteiger partial charge in [-0.15, -0.1) is 11.3 Å². The van der Waals surface area contributed by atoms with Crippen LogP contribution in [0.15, 0.2) is 5.38 Å². The van der Waals surface area contributed by atoms with Gasteiger partial charge in [0.2, 0.25) is 0 Å². The number of urea groups is 1. The molecule has 1 aliphatic carbocycles. The Kier molecular flexibility index (Phi) is 4.14. The number of esters is 1. The van der Waals surface area contributed by atoms with Gasteiger partial charge in [-0.05, 0) is 19.3 Å². The summed E-state index contributed by atoms with van der Waals surface area (Å²) in [5, 5.41) is 7.73. The van der Waals surface area contributed by atoms with Crippen LogP contribution in [0.1, 0.15) is 25.0 Å². The van der Waals surface area contributed by atoms with Gasteiger partial charge in [-0.1, -0.05) is 0 Å². The average molecular weight is 269 g/mol. The zero-order chi connectivity index (χ0) is 13.0. The number of hydrogen-bond donors (Lipinski definition) is 2. The Balaban J connectivity index is 1.81. The van der Waals surface area contributed by atoms with Crippen molar-refractivity contribution in [2.24, 2.45) is 0 Å². The average Bonchev–Trinajstić information content (AvgIpc) is 2.71. The van der Waals surface area contributed by atoms with Crippen LogP contribution in [0.4, 0.5) is 9.93 Å².